The van der Waals surface area contributed by atoms with Gasteiger partial charge in [-0.15, -0.1) is 0 Å². The Hall–Kier alpha value is -1.83. The molecule has 0 fully saturated rings. The molecule has 0 spiro atoms. The van der Waals surface area contributed by atoms with Gasteiger partial charge in [-0.25, -0.2) is 0 Å². The minimum Gasteiger partial charge on any atom is -0.354 e. The van der Waals surface area contributed by atoms with E-state index in [0.717, 1.165) is 11.4 Å². The Kier molecular flexibility index (Phi) is 4.21. The molecule has 0 amide bonds. The molecule has 0 unspecified atom stereocenters. The van der Waals surface area contributed by atoms with E-state index in [1.54, 1.807) is 19.3 Å². The van der Waals surface area contributed by atoms with Crippen LogP contribution >= 0.6 is 0 Å². The predicted molar refractivity (Wildman–Crippen MR) is 62.8 cm³/mol. The maximum Gasteiger partial charge on any atom is 0.0565 e. The maximum atomic E-state index is 3.95. The van der Waals surface area contributed by atoms with Crippen LogP contribution in [0.3, 0.4) is 0 Å². The topological polar surface area (TPSA) is 24.4 Å². The number of aliphatic imine (C=N–C) groups is 1. The average Bonchev–Trinajstić information content (AvgIpc) is 2.20. The molecule has 1 aromatic carbocycles. The molecule has 0 aliphatic rings. The fourth-order valence-electron chi connectivity index (χ4n) is 1.07. The molecule has 0 atom stereocenters. The van der Waals surface area contributed by atoms with Gasteiger partial charge in [-0.05, 0) is 18.2 Å². The highest BCUT2D eigenvalue weighted by Crippen LogP contribution is 2.07. The highest BCUT2D eigenvalue weighted by atomic mass is 14.9. The normalized spacial score (nSPS) is 11.6. The molecule has 14 heavy (non-hydrogen) atoms. The van der Waals surface area contributed by atoms with Gasteiger partial charge >= 0.3 is 0 Å². The number of rotatable bonds is 4. The van der Waals surface area contributed by atoms with Crippen LogP contribution in [0.15, 0.2) is 59.8 Å². The van der Waals surface area contributed by atoms with Crippen LogP contribution in [-0.2, 0) is 0 Å². The number of nitrogens with zero attached hydrogens (tertiary/aromatic N) is 1. The second-order valence-corrected chi connectivity index (χ2v) is 2.74. The summed E-state index contributed by atoms with van der Waals surface area (Å²) >= 11 is 0. The Bertz CT molecular complexity index is 337. The summed E-state index contributed by atoms with van der Waals surface area (Å²) in [6.07, 6.45) is 5.36. The van der Waals surface area contributed by atoms with Gasteiger partial charge < -0.3 is 5.32 Å². The third-order valence-corrected chi connectivity index (χ3v) is 1.63. The summed E-state index contributed by atoms with van der Waals surface area (Å²) in [5, 5.41) is 3.22. The second kappa shape index (κ2) is 5.75. The molecule has 2 heteroatoms. The summed E-state index contributed by atoms with van der Waals surface area (Å²) in [5.41, 5.74) is 1.97. The zero-order valence-corrected chi connectivity index (χ0v) is 8.27. The summed E-state index contributed by atoms with van der Waals surface area (Å²) in [5.74, 6) is 0. The van der Waals surface area contributed by atoms with Crippen molar-refractivity contribution in [2.45, 2.75) is 0 Å². The largest absolute Gasteiger partial charge is 0.354 e. The first-order valence-electron chi connectivity index (χ1n) is 4.44. The van der Waals surface area contributed by atoms with Crippen LogP contribution in [0.1, 0.15) is 0 Å². The highest BCUT2D eigenvalue weighted by molar-refractivity contribution is 5.83. The smallest absolute Gasteiger partial charge is 0.0565 e. The van der Waals surface area contributed by atoms with Crippen LogP contribution in [0.5, 0.6) is 0 Å². The molecule has 0 saturated heterocycles. The van der Waals surface area contributed by atoms with E-state index in [0.29, 0.717) is 0 Å². The monoisotopic (exact) mass is 186 g/mol. The lowest BCUT2D eigenvalue weighted by Gasteiger charge is -2.05. The Labute approximate surface area is 84.7 Å². The van der Waals surface area contributed by atoms with Crippen LogP contribution in [0.4, 0.5) is 5.69 Å². The van der Waals surface area contributed by atoms with Gasteiger partial charge in [-0.3, -0.25) is 4.99 Å². The minimum absolute atomic E-state index is 0.925. The van der Waals surface area contributed by atoms with Crippen LogP contribution in [0.25, 0.3) is 0 Å². The summed E-state index contributed by atoms with van der Waals surface area (Å²) in [7, 11) is 1.74. The van der Waals surface area contributed by atoms with E-state index < -0.39 is 0 Å². The lowest BCUT2D eigenvalue weighted by molar-refractivity contribution is 1.44. The standard InChI is InChI=1S/C12H14N2/c1-3-7-12(10-13-2)14-11-8-5-4-6-9-11/h3-10,14H,1H2,2H3/b12-7+,13-10-. The molecule has 72 valence electrons. The summed E-state index contributed by atoms with van der Waals surface area (Å²) in [6.45, 7) is 3.65. The molecule has 0 radical (unpaired) electrons. The second-order valence-electron chi connectivity index (χ2n) is 2.74. The Morgan fingerprint density at radius 1 is 1.36 bits per heavy atom. The summed E-state index contributed by atoms with van der Waals surface area (Å²) < 4.78 is 0. The molecule has 0 heterocycles. The van der Waals surface area contributed by atoms with E-state index in [1.807, 2.05) is 36.4 Å². The molecular weight excluding hydrogens is 172 g/mol. The van der Waals surface area contributed by atoms with E-state index in [9.17, 15) is 0 Å². The summed E-state index contributed by atoms with van der Waals surface area (Å²) in [4.78, 5) is 3.95. The third-order valence-electron chi connectivity index (χ3n) is 1.63. The van der Waals surface area contributed by atoms with Gasteiger partial charge in [0.2, 0.25) is 0 Å². The Morgan fingerprint density at radius 2 is 2.07 bits per heavy atom. The molecule has 0 aliphatic carbocycles. The predicted octanol–water partition coefficient (Wildman–Crippen LogP) is 2.87. The fraction of sp³-hybridized carbons (Fsp3) is 0.0833. The minimum atomic E-state index is 0.925. The lowest BCUT2D eigenvalue weighted by atomic mass is 10.3. The first-order valence-corrected chi connectivity index (χ1v) is 4.44. The number of para-hydroxylation sites is 1. The van der Waals surface area contributed by atoms with Gasteiger partial charge in [0.05, 0.1) is 5.70 Å². The van der Waals surface area contributed by atoms with E-state index in [1.165, 1.54) is 0 Å². The molecule has 0 saturated carbocycles. The van der Waals surface area contributed by atoms with E-state index in [4.69, 9.17) is 0 Å². The van der Waals surface area contributed by atoms with Crippen molar-refractivity contribution in [2.75, 3.05) is 12.4 Å². The molecule has 0 aliphatic heterocycles. The van der Waals surface area contributed by atoms with Gasteiger partial charge in [-0.2, -0.15) is 0 Å². The van der Waals surface area contributed by atoms with Crippen molar-refractivity contribution < 1.29 is 0 Å². The number of benzene rings is 1. The fourth-order valence-corrected chi connectivity index (χ4v) is 1.07. The average molecular weight is 186 g/mol. The van der Waals surface area contributed by atoms with Crippen LogP contribution in [0.2, 0.25) is 0 Å². The highest BCUT2D eigenvalue weighted by Gasteiger charge is 1.91. The number of hydrogen-bond acceptors (Lipinski definition) is 2. The molecule has 2 nitrogen and oxygen atoms in total. The van der Waals surface area contributed by atoms with Crippen LogP contribution in [-0.4, -0.2) is 13.3 Å². The SMILES string of the molecule is C=C/C=C(\C=N/C)Nc1ccccc1. The van der Waals surface area contributed by atoms with Crippen molar-refractivity contribution >= 4 is 11.9 Å². The quantitative estimate of drug-likeness (QED) is 0.567. The lowest BCUT2D eigenvalue weighted by Crippen LogP contribution is -1.99. The van der Waals surface area contributed by atoms with Crippen molar-refractivity contribution in [2.24, 2.45) is 4.99 Å². The van der Waals surface area contributed by atoms with Crippen molar-refractivity contribution in [3.63, 3.8) is 0 Å². The van der Waals surface area contributed by atoms with Gasteiger partial charge in [0.15, 0.2) is 0 Å². The molecular formula is C12H14N2. The zero-order valence-electron chi connectivity index (χ0n) is 8.27. The van der Waals surface area contributed by atoms with Gasteiger partial charge in [-0.1, -0.05) is 30.9 Å². The van der Waals surface area contributed by atoms with E-state index in [2.05, 4.69) is 16.9 Å². The maximum absolute atomic E-state index is 3.95. The third kappa shape index (κ3) is 3.27. The van der Waals surface area contributed by atoms with Crippen molar-refractivity contribution in [1.29, 1.82) is 0 Å². The molecule has 1 aromatic rings. The first kappa shape index (κ1) is 10.3. The molecule has 0 bridgehead atoms. The summed E-state index contributed by atoms with van der Waals surface area (Å²) in [6, 6.07) is 9.95. The Balaban J connectivity index is 2.75. The van der Waals surface area contributed by atoms with Crippen molar-refractivity contribution in [3.8, 4) is 0 Å². The van der Waals surface area contributed by atoms with E-state index in [-0.39, 0.29) is 0 Å². The number of hydrogen-bond donors (Lipinski definition) is 1. The molecule has 0 aromatic heterocycles. The number of nitrogens with one attached hydrogen (secondary N) is 1. The van der Waals surface area contributed by atoms with Crippen molar-refractivity contribution in [1.82, 2.24) is 0 Å². The van der Waals surface area contributed by atoms with E-state index >= 15 is 0 Å². The number of allylic oxidation sites excluding steroid dienone is 3. The van der Waals surface area contributed by atoms with Gasteiger partial charge in [0.1, 0.15) is 0 Å². The van der Waals surface area contributed by atoms with Gasteiger partial charge in [0, 0.05) is 18.9 Å². The Morgan fingerprint density at radius 3 is 2.64 bits per heavy atom. The van der Waals surface area contributed by atoms with Crippen molar-refractivity contribution in [3.05, 3.63) is 54.8 Å². The first-order chi connectivity index (χ1) is 6.86. The van der Waals surface area contributed by atoms with Crippen LogP contribution in [0, 0.1) is 0 Å². The zero-order chi connectivity index (χ0) is 10.2. The number of anilines is 1. The van der Waals surface area contributed by atoms with Crippen LogP contribution < -0.4 is 5.32 Å². The molecule has 1 N–H and O–H groups in total. The molecule has 1 rings (SSSR count). The van der Waals surface area contributed by atoms with Gasteiger partial charge in [0.25, 0.3) is 0 Å².